The quantitative estimate of drug-likeness (QED) is 0.745. The molecule has 4 nitrogen and oxygen atoms in total. The summed E-state index contributed by atoms with van der Waals surface area (Å²) in [5, 5.41) is 2.87. The molecule has 0 aromatic carbocycles. The van der Waals surface area contributed by atoms with Crippen LogP contribution in [0.15, 0.2) is 0 Å². The van der Waals surface area contributed by atoms with Crippen LogP contribution in [0.1, 0.15) is 40.5 Å². The van der Waals surface area contributed by atoms with Crippen molar-refractivity contribution in [2.24, 2.45) is 11.3 Å². The molecule has 0 aromatic heterocycles. The first-order valence-corrected chi connectivity index (χ1v) is 6.40. The monoisotopic (exact) mass is 238 g/mol. The molecule has 0 bridgehead atoms. The second kappa shape index (κ2) is 4.00. The maximum absolute atomic E-state index is 12.5. The molecule has 1 heterocycles. The van der Waals surface area contributed by atoms with Gasteiger partial charge in [-0.25, -0.2) is 0 Å². The molecule has 0 radical (unpaired) electrons. The fourth-order valence-electron chi connectivity index (χ4n) is 2.45. The molecule has 2 amide bonds. The summed E-state index contributed by atoms with van der Waals surface area (Å²) in [6.07, 6.45) is 1.51. The number of hydrogen-bond donors (Lipinski definition) is 1. The van der Waals surface area contributed by atoms with Crippen LogP contribution in [0.2, 0.25) is 0 Å². The Bertz CT molecular complexity index is 346. The lowest BCUT2D eigenvalue weighted by Gasteiger charge is -2.32. The van der Waals surface area contributed by atoms with Crippen LogP contribution in [0, 0.1) is 11.3 Å². The first-order chi connectivity index (χ1) is 7.80. The predicted octanol–water partition coefficient (Wildman–Crippen LogP) is 1.16. The van der Waals surface area contributed by atoms with Gasteiger partial charge in [-0.15, -0.1) is 0 Å². The molecular formula is C13H22N2O2. The van der Waals surface area contributed by atoms with Gasteiger partial charge in [-0.2, -0.15) is 0 Å². The van der Waals surface area contributed by atoms with Gasteiger partial charge in [0.2, 0.25) is 11.8 Å². The summed E-state index contributed by atoms with van der Waals surface area (Å²) in [5.41, 5.74) is -0.229. The van der Waals surface area contributed by atoms with Gasteiger partial charge in [0, 0.05) is 19.0 Å². The van der Waals surface area contributed by atoms with Crippen LogP contribution in [-0.4, -0.2) is 35.3 Å². The molecule has 96 valence electrons. The van der Waals surface area contributed by atoms with Gasteiger partial charge in [0.1, 0.15) is 6.04 Å². The molecule has 2 rings (SSSR count). The Hall–Kier alpha value is -1.06. The molecule has 1 saturated heterocycles. The van der Waals surface area contributed by atoms with Crippen LogP contribution >= 0.6 is 0 Å². The predicted molar refractivity (Wildman–Crippen MR) is 65.3 cm³/mol. The third-order valence-electron chi connectivity index (χ3n) is 3.75. The smallest absolute Gasteiger partial charge is 0.245 e. The van der Waals surface area contributed by atoms with Crippen molar-refractivity contribution in [3.63, 3.8) is 0 Å². The van der Waals surface area contributed by atoms with Crippen LogP contribution in [0.5, 0.6) is 0 Å². The van der Waals surface area contributed by atoms with E-state index in [1.54, 1.807) is 0 Å². The van der Waals surface area contributed by atoms with E-state index >= 15 is 0 Å². The van der Waals surface area contributed by atoms with Crippen molar-refractivity contribution < 1.29 is 9.59 Å². The number of rotatable bonds is 1. The van der Waals surface area contributed by atoms with Crippen LogP contribution in [0.25, 0.3) is 0 Å². The highest BCUT2D eigenvalue weighted by Crippen LogP contribution is 2.37. The van der Waals surface area contributed by atoms with Crippen molar-refractivity contribution in [1.29, 1.82) is 0 Å². The summed E-state index contributed by atoms with van der Waals surface area (Å²) in [5.74, 6) is 0.680. The maximum Gasteiger partial charge on any atom is 0.245 e. The molecule has 1 aliphatic carbocycles. The van der Waals surface area contributed by atoms with E-state index in [9.17, 15) is 9.59 Å². The second-order valence-corrected chi connectivity index (χ2v) is 6.43. The highest BCUT2D eigenvalue weighted by atomic mass is 16.2. The van der Waals surface area contributed by atoms with Gasteiger partial charge in [0.15, 0.2) is 0 Å². The summed E-state index contributed by atoms with van der Waals surface area (Å²) < 4.78 is 0. The van der Waals surface area contributed by atoms with Gasteiger partial charge in [0.25, 0.3) is 0 Å². The Kier molecular flexibility index (Phi) is 2.92. The van der Waals surface area contributed by atoms with Crippen LogP contribution in [0.4, 0.5) is 0 Å². The molecular weight excluding hydrogens is 216 g/mol. The maximum atomic E-state index is 12.5. The molecule has 0 aromatic rings. The topological polar surface area (TPSA) is 49.4 Å². The summed E-state index contributed by atoms with van der Waals surface area (Å²) in [7, 11) is 0. The van der Waals surface area contributed by atoms with Crippen LogP contribution in [-0.2, 0) is 9.59 Å². The molecule has 1 N–H and O–H groups in total. The van der Waals surface area contributed by atoms with Crippen molar-refractivity contribution in [2.45, 2.75) is 52.6 Å². The largest absolute Gasteiger partial charge is 0.344 e. The SMILES string of the molecule is CC1CC1N1CCC(=O)NC(C(C)(C)C)C1=O. The lowest BCUT2D eigenvalue weighted by atomic mass is 9.86. The third kappa shape index (κ3) is 2.45. The molecule has 4 heteroatoms. The molecule has 1 saturated carbocycles. The lowest BCUT2D eigenvalue weighted by Crippen LogP contribution is -2.52. The van der Waals surface area contributed by atoms with Crippen molar-refractivity contribution in [3.8, 4) is 0 Å². The first kappa shape index (κ1) is 12.4. The summed E-state index contributed by atoms with van der Waals surface area (Å²) in [6, 6.07) is -0.0228. The Labute approximate surface area is 103 Å². The zero-order chi connectivity index (χ0) is 12.8. The summed E-state index contributed by atoms with van der Waals surface area (Å²) in [6.45, 7) is 8.72. The fraction of sp³-hybridized carbons (Fsp3) is 0.846. The molecule has 2 aliphatic rings. The summed E-state index contributed by atoms with van der Waals surface area (Å²) >= 11 is 0. The van der Waals surface area contributed by atoms with Crippen molar-refractivity contribution in [3.05, 3.63) is 0 Å². The van der Waals surface area contributed by atoms with Crippen LogP contribution < -0.4 is 5.32 Å². The number of carbonyl (C=O) groups excluding carboxylic acids is 2. The van der Waals surface area contributed by atoms with Crippen LogP contribution in [0.3, 0.4) is 0 Å². The van der Waals surface area contributed by atoms with Crippen molar-refractivity contribution >= 4 is 11.8 Å². The van der Waals surface area contributed by atoms with Gasteiger partial charge in [-0.05, 0) is 17.8 Å². The highest BCUT2D eigenvalue weighted by Gasteiger charge is 2.46. The van der Waals surface area contributed by atoms with Crippen molar-refractivity contribution in [2.75, 3.05) is 6.54 Å². The van der Waals surface area contributed by atoms with Gasteiger partial charge in [-0.1, -0.05) is 27.7 Å². The van der Waals surface area contributed by atoms with E-state index in [1.165, 1.54) is 0 Å². The Morgan fingerprint density at radius 1 is 1.29 bits per heavy atom. The standard InChI is InChI=1S/C13H22N2O2/c1-8-7-9(8)15-6-5-10(16)14-11(12(15)17)13(2,3)4/h8-9,11H,5-7H2,1-4H3,(H,14,16). The lowest BCUT2D eigenvalue weighted by molar-refractivity contribution is -0.137. The van der Waals surface area contributed by atoms with E-state index in [0.717, 1.165) is 6.42 Å². The molecule has 0 spiro atoms. The van der Waals surface area contributed by atoms with E-state index < -0.39 is 0 Å². The van der Waals surface area contributed by atoms with E-state index in [0.29, 0.717) is 24.9 Å². The summed E-state index contributed by atoms with van der Waals surface area (Å²) in [4.78, 5) is 26.1. The number of amides is 2. The normalized spacial score (nSPS) is 34.4. The van der Waals surface area contributed by atoms with E-state index in [4.69, 9.17) is 0 Å². The first-order valence-electron chi connectivity index (χ1n) is 6.40. The average molecular weight is 238 g/mol. The zero-order valence-corrected chi connectivity index (χ0v) is 11.1. The Morgan fingerprint density at radius 3 is 2.35 bits per heavy atom. The Balaban J connectivity index is 2.20. The minimum atomic E-state index is -0.384. The molecule has 2 fully saturated rings. The van der Waals surface area contributed by atoms with Gasteiger partial charge in [-0.3, -0.25) is 9.59 Å². The number of nitrogens with one attached hydrogen (secondary N) is 1. The van der Waals surface area contributed by atoms with Gasteiger partial charge >= 0.3 is 0 Å². The number of carbonyl (C=O) groups is 2. The second-order valence-electron chi connectivity index (χ2n) is 6.43. The van der Waals surface area contributed by atoms with E-state index in [-0.39, 0.29) is 23.3 Å². The van der Waals surface area contributed by atoms with E-state index in [2.05, 4.69) is 12.2 Å². The Morgan fingerprint density at radius 2 is 1.88 bits per heavy atom. The third-order valence-corrected chi connectivity index (χ3v) is 3.75. The number of hydrogen-bond acceptors (Lipinski definition) is 2. The fourth-order valence-corrected chi connectivity index (χ4v) is 2.45. The molecule has 1 aliphatic heterocycles. The van der Waals surface area contributed by atoms with Gasteiger partial charge in [0.05, 0.1) is 0 Å². The zero-order valence-electron chi connectivity index (χ0n) is 11.1. The molecule has 17 heavy (non-hydrogen) atoms. The van der Waals surface area contributed by atoms with E-state index in [1.807, 2.05) is 25.7 Å². The van der Waals surface area contributed by atoms with Gasteiger partial charge < -0.3 is 10.2 Å². The molecule has 3 unspecified atom stereocenters. The van der Waals surface area contributed by atoms with Crippen molar-refractivity contribution in [1.82, 2.24) is 10.2 Å². The minimum absolute atomic E-state index is 0.00548. The average Bonchev–Trinajstić information content (AvgIpc) is 2.91. The molecule has 3 atom stereocenters. The number of nitrogens with zero attached hydrogens (tertiary/aromatic N) is 1. The highest BCUT2D eigenvalue weighted by molar-refractivity contribution is 5.90. The minimum Gasteiger partial charge on any atom is -0.344 e.